The van der Waals surface area contributed by atoms with Gasteiger partial charge in [-0.3, -0.25) is 5.32 Å². The van der Waals surface area contributed by atoms with Crippen LogP contribution in [0.2, 0.25) is 0 Å². The number of rotatable bonds is 3. The predicted molar refractivity (Wildman–Crippen MR) is 83.1 cm³/mol. The number of nitriles is 1. The highest BCUT2D eigenvalue weighted by Gasteiger charge is 2.38. The summed E-state index contributed by atoms with van der Waals surface area (Å²) in [7, 11) is 0. The number of fused-ring (bicyclic) bond motifs is 1. The maximum absolute atomic E-state index is 9.66. The molecule has 2 atom stereocenters. The molecular formula is C17H26N4. The maximum atomic E-state index is 9.66. The Hall–Kier alpha value is -1.34. The topological polar surface area (TPSA) is 53.6 Å². The fourth-order valence-corrected chi connectivity index (χ4v) is 4.29. The van der Waals surface area contributed by atoms with Gasteiger partial charge in [0, 0.05) is 11.7 Å². The van der Waals surface area contributed by atoms with Crippen LogP contribution in [-0.4, -0.2) is 21.6 Å². The summed E-state index contributed by atoms with van der Waals surface area (Å²) in [6, 6.07) is 3.00. The highest BCUT2D eigenvalue weighted by atomic mass is 15.1. The van der Waals surface area contributed by atoms with Crippen LogP contribution in [0.15, 0.2) is 0 Å². The molecule has 2 unspecified atom stereocenters. The van der Waals surface area contributed by atoms with Crippen LogP contribution in [0.4, 0.5) is 0 Å². The summed E-state index contributed by atoms with van der Waals surface area (Å²) in [6.45, 7) is 5.09. The Morgan fingerprint density at radius 1 is 1.38 bits per heavy atom. The molecular weight excluding hydrogens is 260 g/mol. The van der Waals surface area contributed by atoms with E-state index in [1.807, 2.05) is 0 Å². The molecule has 0 saturated heterocycles. The van der Waals surface area contributed by atoms with Gasteiger partial charge < -0.3 is 4.57 Å². The Kier molecular flexibility index (Phi) is 4.03. The third-order valence-electron chi connectivity index (χ3n) is 5.17. The van der Waals surface area contributed by atoms with Crippen LogP contribution in [0.3, 0.4) is 0 Å². The zero-order valence-electron chi connectivity index (χ0n) is 13.3. The number of aromatic nitrogens is 2. The molecule has 0 bridgehead atoms. The molecule has 1 aromatic heterocycles. The van der Waals surface area contributed by atoms with Crippen LogP contribution < -0.4 is 5.32 Å². The van der Waals surface area contributed by atoms with Crippen molar-refractivity contribution in [2.75, 3.05) is 6.54 Å². The summed E-state index contributed by atoms with van der Waals surface area (Å²) < 4.78 is 2.47. The largest absolute Gasteiger partial charge is 0.329 e. The first-order valence-electron chi connectivity index (χ1n) is 8.42. The molecule has 21 heavy (non-hydrogen) atoms. The lowest BCUT2D eigenvalue weighted by molar-refractivity contribution is 0.228. The quantitative estimate of drug-likeness (QED) is 0.929. The first-order valence-corrected chi connectivity index (χ1v) is 8.42. The zero-order chi connectivity index (χ0) is 14.9. The van der Waals surface area contributed by atoms with Crippen molar-refractivity contribution in [3.8, 4) is 6.07 Å². The highest BCUT2D eigenvalue weighted by Crippen LogP contribution is 2.38. The minimum atomic E-state index is -0.337. The first kappa shape index (κ1) is 14.6. The Morgan fingerprint density at radius 2 is 2.19 bits per heavy atom. The molecule has 114 valence electrons. The molecule has 3 rings (SSSR count). The summed E-state index contributed by atoms with van der Waals surface area (Å²) in [4.78, 5) is 4.81. The van der Waals surface area contributed by atoms with Crippen molar-refractivity contribution in [1.29, 1.82) is 5.26 Å². The van der Waals surface area contributed by atoms with E-state index in [1.54, 1.807) is 0 Å². The van der Waals surface area contributed by atoms with E-state index >= 15 is 0 Å². The molecule has 4 heteroatoms. The van der Waals surface area contributed by atoms with E-state index in [2.05, 4.69) is 29.8 Å². The molecule has 0 radical (unpaired) electrons. The molecule has 1 saturated carbocycles. The summed E-state index contributed by atoms with van der Waals surface area (Å²) in [5, 5.41) is 13.1. The number of hydrogen-bond acceptors (Lipinski definition) is 3. The Bertz CT molecular complexity index is 550. The monoisotopic (exact) mass is 286 g/mol. The van der Waals surface area contributed by atoms with E-state index in [0.29, 0.717) is 6.04 Å². The van der Waals surface area contributed by atoms with E-state index in [1.165, 1.54) is 30.7 Å². The van der Waals surface area contributed by atoms with Gasteiger partial charge in [0.05, 0.1) is 11.8 Å². The van der Waals surface area contributed by atoms with Crippen LogP contribution in [0.1, 0.15) is 68.7 Å². The minimum Gasteiger partial charge on any atom is -0.329 e. The van der Waals surface area contributed by atoms with Crippen molar-refractivity contribution in [1.82, 2.24) is 14.9 Å². The number of nitrogens with zero attached hydrogens (tertiary/aromatic N) is 3. The third kappa shape index (κ3) is 2.60. The van der Waals surface area contributed by atoms with E-state index < -0.39 is 0 Å². The predicted octanol–water partition coefficient (Wildman–Crippen LogP) is 3.06. The molecule has 4 nitrogen and oxygen atoms in total. The van der Waals surface area contributed by atoms with E-state index in [4.69, 9.17) is 4.98 Å². The van der Waals surface area contributed by atoms with Gasteiger partial charge in [-0.05, 0) is 64.8 Å². The van der Waals surface area contributed by atoms with E-state index in [0.717, 1.165) is 44.5 Å². The molecule has 0 aliphatic heterocycles. The fraction of sp³-hybridized carbons (Fsp3) is 0.765. The van der Waals surface area contributed by atoms with Crippen LogP contribution >= 0.6 is 0 Å². The van der Waals surface area contributed by atoms with Crippen LogP contribution in [0, 0.1) is 18.3 Å². The molecule has 0 spiro atoms. The number of nitrogens with one attached hydrogen (secondary N) is 1. The van der Waals surface area contributed by atoms with Crippen molar-refractivity contribution in [2.45, 2.75) is 76.8 Å². The SMILES string of the molecule is CCNC1(C#N)CCCC(n2c(C)nc3c2CCCC3)C1. The first-order chi connectivity index (χ1) is 10.2. The van der Waals surface area contributed by atoms with Crippen molar-refractivity contribution in [3.63, 3.8) is 0 Å². The van der Waals surface area contributed by atoms with Crippen molar-refractivity contribution >= 4 is 0 Å². The van der Waals surface area contributed by atoms with Gasteiger partial charge in [-0.15, -0.1) is 0 Å². The lowest BCUT2D eigenvalue weighted by atomic mass is 9.79. The Labute approximate surface area is 127 Å². The van der Waals surface area contributed by atoms with E-state index in [-0.39, 0.29) is 5.54 Å². The highest BCUT2D eigenvalue weighted by molar-refractivity contribution is 5.22. The van der Waals surface area contributed by atoms with Gasteiger partial charge in [0.2, 0.25) is 0 Å². The second kappa shape index (κ2) is 5.81. The number of hydrogen-bond donors (Lipinski definition) is 1. The van der Waals surface area contributed by atoms with Gasteiger partial charge in [-0.1, -0.05) is 6.92 Å². The molecule has 1 heterocycles. The molecule has 1 fully saturated rings. The summed E-state index contributed by atoms with van der Waals surface area (Å²) in [5.41, 5.74) is 2.43. The van der Waals surface area contributed by atoms with Gasteiger partial charge in [-0.2, -0.15) is 5.26 Å². The standard InChI is InChI=1S/C17H26N4/c1-3-19-17(12-18)10-6-7-14(11-17)21-13(2)20-15-8-4-5-9-16(15)21/h14,19H,3-11H2,1-2H3. The van der Waals surface area contributed by atoms with Gasteiger partial charge in [-0.25, -0.2) is 4.98 Å². The van der Waals surface area contributed by atoms with Gasteiger partial charge in [0.1, 0.15) is 11.4 Å². The lowest BCUT2D eigenvalue weighted by Crippen LogP contribution is -2.48. The second-order valence-electron chi connectivity index (χ2n) is 6.60. The molecule has 0 amide bonds. The lowest BCUT2D eigenvalue weighted by Gasteiger charge is -2.38. The number of imidazole rings is 1. The van der Waals surface area contributed by atoms with Crippen molar-refractivity contribution in [2.24, 2.45) is 0 Å². The average Bonchev–Trinajstić information content (AvgIpc) is 2.83. The van der Waals surface area contributed by atoms with Crippen molar-refractivity contribution in [3.05, 3.63) is 17.2 Å². The van der Waals surface area contributed by atoms with Crippen LogP contribution in [0.25, 0.3) is 0 Å². The molecule has 2 aliphatic rings. The van der Waals surface area contributed by atoms with Crippen LogP contribution in [-0.2, 0) is 12.8 Å². The summed E-state index contributed by atoms with van der Waals surface area (Å²) in [5.74, 6) is 1.15. The van der Waals surface area contributed by atoms with Crippen molar-refractivity contribution < 1.29 is 0 Å². The molecule has 1 N–H and O–H groups in total. The zero-order valence-corrected chi connectivity index (χ0v) is 13.3. The Balaban J connectivity index is 1.90. The smallest absolute Gasteiger partial charge is 0.108 e. The molecule has 2 aliphatic carbocycles. The normalized spacial score (nSPS) is 28.9. The minimum absolute atomic E-state index is 0.337. The second-order valence-corrected chi connectivity index (χ2v) is 6.60. The third-order valence-corrected chi connectivity index (χ3v) is 5.17. The molecule has 1 aromatic rings. The fourth-order valence-electron chi connectivity index (χ4n) is 4.29. The van der Waals surface area contributed by atoms with E-state index in [9.17, 15) is 5.26 Å². The van der Waals surface area contributed by atoms with Crippen LogP contribution in [0.5, 0.6) is 0 Å². The maximum Gasteiger partial charge on any atom is 0.108 e. The van der Waals surface area contributed by atoms with Gasteiger partial charge >= 0.3 is 0 Å². The summed E-state index contributed by atoms with van der Waals surface area (Å²) in [6.07, 6.45) is 9.04. The number of aryl methyl sites for hydroxylation is 2. The summed E-state index contributed by atoms with van der Waals surface area (Å²) >= 11 is 0. The van der Waals surface area contributed by atoms with Gasteiger partial charge in [0.15, 0.2) is 0 Å². The average molecular weight is 286 g/mol. The molecule has 0 aromatic carbocycles. The Morgan fingerprint density at radius 3 is 2.95 bits per heavy atom. The van der Waals surface area contributed by atoms with Gasteiger partial charge in [0.25, 0.3) is 0 Å².